The summed E-state index contributed by atoms with van der Waals surface area (Å²) in [6.07, 6.45) is 7.75. The van der Waals surface area contributed by atoms with Gasteiger partial charge in [0, 0.05) is 12.6 Å². The minimum atomic E-state index is -2.96. The van der Waals surface area contributed by atoms with Crippen molar-refractivity contribution in [2.75, 3.05) is 18.1 Å². The highest BCUT2D eigenvalue weighted by atomic mass is 32.2. The molecule has 3 aliphatic rings. The third-order valence-electron chi connectivity index (χ3n) is 5.11. The number of carbonyl (C=O) groups excluding carboxylic acids is 1. The lowest BCUT2D eigenvalue weighted by Crippen LogP contribution is -2.51. The smallest absolute Gasteiger partial charge is 0.226 e. The lowest BCUT2D eigenvalue weighted by atomic mass is 9.78. The van der Waals surface area contributed by atoms with Crippen LogP contribution >= 0.6 is 0 Å². The average Bonchev–Trinajstić information content (AvgIpc) is 2.78. The molecule has 2 heterocycles. The topological polar surface area (TPSA) is 54.5 Å². The molecule has 0 bridgehead atoms. The van der Waals surface area contributed by atoms with Gasteiger partial charge < -0.3 is 4.90 Å². The molecule has 1 aliphatic carbocycles. The molecule has 3 atom stereocenters. The number of fused-ring (bicyclic) bond motifs is 1. The number of nitrogens with zero attached hydrogens (tertiary/aromatic N) is 1. The number of rotatable bonds is 1. The summed E-state index contributed by atoms with van der Waals surface area (Å²) in [4.78, 5) is 14.6. The van der Waals surface area contributed by atoms with Gasteiger partial charge >= 0.3 is 0 Å². The Hall–Kier alpha value is -0.580. The van der Waals surface area contributed by atoms with Gasteiger partial charge in [0.25, 0.3) is 0 Å². The summed E-state index contributed by atoms with van der Waals surface area (Å²) in [5.41, 5.74) is 0. The molecule has 1 amide bonds. The molecule has 0 radical (unpaired) electrons. The number of sulfone groups is 1. The molecule has 108 valence electrons. The molecular formula is C14H23NO3S. The van der Waals surface area contributed by atoms with Crippen molar-refractivity contribution in [1.82, 2.24) is 4.90 Å². The second kappa shape index (κ2) is 5.08. The van der Waals surface area contributed by atoms with Gasteiger partial charge in [-0.3, -0.25) is 4.79 Å². The molecule has 1 saturated carbocycles. The van der Waals surface area contributed by atoms with Gasteiger partial charge in [0.05, 0.1) is 17.4 Å². The van der Waals surface area contributed by atoms with Crippen LogP contribution in [0.1, 0.15) is 44.9 Å². The fraction of sp³-hybridized carbons (Fsp3) is 0.929. The lowest BCUT2D eigenvalue weighted by molar-refractivity contribution is -0.141. The van der Waals surface area contributed by atoms with Gasteiger partial charge in [0.15, 0.2) is 9.84 Å². The summed E-state index contributed by atoms with van der Waals surface area (Å²) in [6.45, 7) is 0.844. The highest BCUT2D eigenvalue weighted by Crippen LogP contribution is 2.36. The standard InChI is InChI=1S/C14H23NO3S/c16-14(12-7-9-19(17,18)10-12)15-8-3-5-11-4-1-2-6-13(11)15/h11-13H,1-10H2. The zero-order valence-corrected chi connectivity index (χ0v) is 12.2. The molecule has 4 nitrogen and oxygen atoms in total. The predicted molar refractivity (Wildman–Crippen MR) is 73.5 cm³/mol. The second-order valence-corrected chi connectivity index (χ2v) is 8.61. The molecule has 19 heavy (non-hydrogen) atoms. The van der Waals surface area contributed by atoms with Crippen molar-refractivity contribution in [3.63, 3.8) is 0 Å². The van der Waals surface area contributed by atoms with E-state index in [0.29, 0.717) is 18.4 Å². The third-order valence-corrected chi connectivity index (χ3v) is 6.88. The summed E-state index contributed by atoms with van der Waals surface area (Å²) >= 11 is 0. The number of likely N-dealkylation sites (tertiary alicyclic amines) is 1. The minimum Gasteiger partial charge on any atom is -0.339 e. The van der Waals surface area contributed by atoms with E-state index in [2.05, 4.69) is 0 Å². The summed E-state index contributed by atoms with van der Waals surface area (Å²) < 4.78 is 23.1. The Bertz CT molecular complexity index is 457. The van der Waals surface area contributed by atoms with Crippen LogP contribution in [0.3, 0.4) is 0 Å². The maximum atomic E-state index is 12.6. The Kier molecular flexibility index (Phi) is 3.58. The number of hydrogen-bond donors (Lipinski definition) is 0. The first-order chi connectivity index (χ1) is 9.07. The quantitative estimate of drug-likeness (QED) is 0.735. The third kappa shape index (κ3) is 2.67. The van der Waals surface area contributed by atoms with E-state index in [-0.39, 0.29) is 23.3 Å². The van der Waals surface area contributed by atoms with Crippen molar-refractivity contribution >= 4 is 15.7 Å². The van der Waals surface area contributed by atoms with Crippen LogP contribution in [0.5, 0.6) is 0 Å². The zero-order chi connectivity index (χ0) is 13.5. The largest absolute Gasteiger partial charge is 0.339 e. The number of hydrogen-bond acceptors (Lipinski definition) is 3. The van der Waals surface area contributed by atoms with Crippen molar-refractivity contribution in [1.29, 1.82) is 0 Å². The zero-order valence-electron chi connectivity index (χ0n) is 11.4. The van der Waals surface area contributed by atoms with Gasteiger partial charge in [-0.15, -0.1) is 0 Å². The lowest BCUT2D eigenvalue weighted by Gasteiger charge is -2.45. The molecule has 3 rings (SSSR count). The maximum absolute atomic E-state index is 12.6. The summed E-state index contributed by atoms with van der Waals surface area (Å²) in [6, 6.07) is 0.401. The number of piperidine rings is 1. The molecule has 5 heteroatoms. The Morgan fingerprint density at radius 3 is 2.47 bits per heavy atom. The van der Waals surface area contributed by atoms with Crippen molar-refractivity contribution in [3.05, 3.63) is 0 Å². The molecule has 0 spiro atoms. The van der Waals surface area contributed by atoms with E-state index in [9.17, 15) is 13.2 Å². The monoisotopic (exact) mass is 285 g/mol. The Labute approximate surface area is 115 Å². The fourth-order valence-electron chi connectivity index (χ4n) is 4.12. The Balaban J connectivity index is 1.72. The first-order valence-electron chi connectivity index (χ1n) is 7.58. The maximum Gasteiger partial charge on any atom is 0.226 e. The molecule has 3 fully saturated rings. The van der Waals surface area contributed by atoms with Gasteiger partial charge in [-0.25, -0.2) is 8.42 Å². The van der Waals surface area contributed by atoms with E-state index in [1.807, 2.05) is 4.90 Å². The highest BCUT2D eigenvalue weighted by molar-refractivity contribution is 7.91. The van der Waals surface area contributed by atoms with Gasteiger partial charge in [-0.1, -0.05) is 12.8 Å². The van der Waals surface area contributed by atoms with Crippen LogP contribution in [0.25, 0.3) is 0 Å². The Morgan fingerprint density at radius 1 is 1.00 bits per heavy atom. The van der Waals surface area contributed by atoms with Crippen molar-refractivity contribution in [2.24, 2.45) is 11.8 Å². The van der Waals surface area contributed by atoms with Crippen LogP contribution in [-0.4, -0.2) is 43.3 Å². The van der Waals surface area contributed by atoms with Crippen LogP contribution in [0.15, 0.2) is 0 Å². The van der Waals surface area contributed by atoms with Crippen molar-refractivity contribution in [2.45, 2.75) is 51.0 Å². The molecule has 2 saturated heterocycles. The van der Waals surface area contributed by atoms with Gasteiger partial charge in [0.1, 0.15) is 0 Å². The van der Waals surface area contributed by atoms with Crippen LogP contribution in [0.2, 0.25) is 0 Å². The molecule has 2 aliphatic heterocycles. The Morgan fingerprint density at radius 2 is 1.74 bits per heavy atom. The normalized spacial score (nSPS) is 37.9. The van der Waals surface area contributed by atoms with E-state index < -0.39 is 9.84 Å². The SMILES string of the molecule is O=C(C1CCS(=O)(=O)C1)N1CCCC2CCCCC21. The van der Waals surface area contributed by atoms with Crippen LogP contribution in [0.4, 0.5) is 0 Å². The average molecular weight is 285 g/mol. The van der Waals surface area contributed by atoms with Crippen LogP contribution in [0, 0.1) is 11.8 Å². The first kappa shape index (κ1) is 13.4. The first-order valence-corrected chi connectivity index (χ1v) is 9.40. The number of amides is 1. The van der Waals surface area contributed by atoms with E-state index in [1.54, 1.807) is 0 Å². The highest BCUT2D eigenvalue weighted by Gasteiger charge is 2.41. The molecule has 0 N–H and O–H groups in total. The molecular weight excluding hydrogens is 262 g/mol. The predicted octanol–water partition coefficient (Wildman–Crippen LogP) is 1.60. The second-order valence-electron chi connectivity index (χ2n) is 6.39. The molecule has 0 aromatic carbocycles. The minimum absolute atomic E-state index is 0.0831. The summed E-state index contributed by atoms with van der Waals surface area (Å²) in [5.74, 6) is 0.818. The van der Waals surface area contributed by atoms with E-state index in [0.717, 1.165) is 19.4 Å². The van der Waals surface area contributed by atoms with Gasteiger partial charge in [-0.2, -0.15) is 0 Å². The summed E-state index contributed by atoms with van der Waals surface area (Å²) in [7, 11) is -2.96. The van der Waals surface area contributed by atoms with Gasteiger partial charge in [-0.05, 0) is 38.0 Å². The van der Waals surface area contributed by atoms with E-state index in [4.69, 9.17) is 0 Å². The number of carbonyl (C=O) groups is 1. The van der Waals surface area contributed by atoms with Crippen molar-refractivity contribution < 1.29 is 13.2 Å². The van der Waals surface area contributed by atoms with E-state index >= 15 is 0 Å². The molecule has 0 aromatic rings. The molecule has 0 aromatic heterocycles. The molecule has 3 unspecified atom stereocenters. The van der Waals surface area contributed by atoms with Crippen molar-refractivity contribution in [3.8, 4) is 0 Å². The summed E-state index contributed by atoms with van der Waals surface area (Å²) in [5, 5.41) is 0. The van der Waals surface area contributed by atoms with Crippen LogP contribution in [-0.2, 0) is 14.6 Å². The fourth-order valence-corrected chi connectivity index (χ4v) is 5.86. The van der Waals surface area contributed by atoms with Crippen LogP contribution < -0.4 is 0 Å². The van der Waals surface area contributed by atoms with Gasteiger partial charge in [0.2, 0.25) is 5.91 Å². The van der Waals surface area contributed by atoms with E-state index in [1.165, 1.54) is 25.7 Å².